The molecule has 0 spiro atoms. The Bertz CT molecular complexity index is 424. The number of hydrogen-bond acceptors (Lipinski definition) is 3. The van der Waals surface area contributed by atoms with Crippen LogP contribution in [0.15, 0.2) is 24.3 Å². The molecule has 0 heterocycles. The molecule has 0 bridgehead atoms. The summed E-state index contributed by atoms with van der Waals surface area (Å²) in [6.45, 7) is 8.08. The van der Waals surface area contributed by atoms with E-state index in [1.54, 1.807) is 6.92 Å². The number of anilines is 1. The summed E-state index contributed by atoms with van der Waals surface area (Å²) in [5.74, 6) is -0.0893. The summed E-state index contributed by atoms with van der Waals surface area (Å²) in [6, 6.07) is 7.68. The van der Waals surface area contributed by atoms with Crippen molar-refractivity contribution in [1.29, 1.82) is 0 Å². The lowest BCUT2D eigenvalue weighted by molar-refractivity contribution is -0.133. The maximum Gasteiger partial charge on any atom is 0.249 e. The van der Waals surface area contributed by atoms with Gasteiger partial charge in [-0.1, -0.05) is 18.2 Å². The van der Waals surface area contributed by atoms with Crippen LogP contribution >= 0.6 is 0 Å². The molecule has 1 aromatic rings. The van der Waals surface area contributed by atoms with Crippen molar-refractivity contribution in [2.75, 3.05) is 12.3 Å². The van der Waals surface area contributed by atoms with Gasteiger partial charge in [-0.25, -0.2) is 0 Å². The van der Waals surface area contributed by atoms with Crippen LogP contribution in [-0.4, -0.2) is 24.2 Å². The number of amides is 1. The lowest BCUT2D eigenvalue weighted by Gasteiger charge is -2.23. The summed E-state index contributed by atoms with van der Waals surface area (Å²) in [6.07, 6.45) is 0.254. The number of rotatable bonds is 5. The SMILES string of the molecule is CC(OCCc1ccccc1N)C(=O)NC(C)(C)C. The maximum atomic E-state index is 11.8. The number of nitrogens with one attached hydrogen (secondary N) is 1. The third-order valence-corrected chi connectivity index (χ3v) is 2.66. The predicted octanol–water partition coefficient (Wildman–Crippen LogP) is 2.13. The molecule has 3 N–H and O–H groups in total. The van der Waals surface area contributed by atoms with Crippen LogP contribution in [0.25, 0.3) is 0 Å². The van der Waals surface area contributed by atoms with Gasteiger partial charge >= 0.3 is 0 Å². The highest BCUT2D eigenvalue weighted by molar-refractivity contribution is 5.80. The highest BCUT2D eigenvalue weighted by Gasteiger charge is 2.19. The smallest absolute Gasteiger partial charge is 0.249 e. The minimum absolute atomic E-state index is 0.0893. The first-order chi connectivity index (χ1) is 8.79. The first-order valence-electron chi connectivity index (χ1n) is 6.56. The third kappa shape index (κ3) is 5.75. The van der Waals surface area contributed by atoms with Gasteiger partial charge in [0.15, 0.2) is 0 Å². The van der Waals surface area contributed by atoms with E-state index < -0.39 is 6.10 Å². The van der Waals surface area contributed by atoms with Gasteiger partial charge in [0.1, 0.15) is 6.10 Å². The van der Waals surface area contributed by atoms with Crippen LogP contribution in [0.1, 0.15) is 33.3 Å². The van der Waals surface area contributed by atoms with Crippen LogP contribution in [0.4, 0.5) is 5.69 Å². The molecule has 4 heteroatoms. The summed E-state index contributed by atoms with van der Waals surface area (Å²) < 4.78 is 5.54. The summed E-state index contributed by atoms with van der Waals surface area (Å²) in [4.78, 5) is 11.8. The van der Waals surface area contributed by atoms with Gasteiger partial charge in [-0.2, -0.15) is 0 Å². The number of carbonyl (C=O) groups is 1. The van der Waals surface area contributed by atoms with E-state index in [2.05, 4.69) is 5.32 Å². The molecule has 0 radical (unpaired) electrons. The quantitative estimate of drug-likeness (QED) is 0.801. The average Bonchev–Trinajstić information content (AvgIpc) is 2.29. The Morgan fingerprint density at radius 1 is 1.37 bits per heavy atom. The predicted molar refractivity (Wildman–Crippen MR) is 77.9 cm³/mol. The number of ether oxygens (including phenoxy) is 1. The van der Waals surface area contributed by atoms with Crippen LogP contribution in [0.3, 0.4) is 0 Å². The van der Waals surface area contributed by atoms with Gasteiger partial charge in [-0.15, -0.1) is 0 Å². The summed E-state index contributed by atoms with van der Waals surface area (Å²) in [5, 5.41) is 2.89. The van der Waals surface area contributed by atoms with Crippen LogP contribution in [0.2, 0.25) is 0 Å². The van der Waals surface area contributed by atoms with Crippen molar-refractivity contribution in [2.24, 2.45) is 0 Å². The van der Waals surface area contributed by atoms with Crippen molar-refractivity contribution in [3.8, 4) is 0 Å². The van der Waals surface area contributed by atoms with Gasteiger partial charge in [0.05, 0.1) is 6.61 Å². The molecule has 1 atom stereocenters. The van der Waals surface area contributed by atoms with Crippen LogP contribution < -0.4 is 11.1 Å². The second kappa shape index (κ2) is 6.57. The van der Waals surface area contributed by atoms with E-state index >= 15 is 0 Å². The zero-order valence-corrected chi connectivity index (χ0v) is 12.2. The molecule has 4 nitrogen and oxygen atoms in total. The molecule has 1 aromatic carbocycles. The Labute approximate surface area is 115 Å². The molecule has 0 aliphatic carbocycles. The molecule has 0 aliphatic rings. The Morgan fingerprint density at radius 3 is 2.58 bits per heavy atom. The third-order valence-electron chi connectivity index (χ3n) is 2.66. The maximum absolute atomic E-state index is 11.8. The standard InChI is InChI=1S/C15H24N2O2/c1-11(14(18)17-15(2,3)4)19-10-9-12-7-5-6-8-13(12)16/h5-8,11H,9-10,16H2,1-4H3,(H,17,18). The lowest BCUT2D eigenvalue weighted by Crippen LogP contribution is -2.45. The molecule has 1 amide bonds. The molecule has 106 valence electrons. The molecule has 0 aromatic heterocycles. The van der Waals surface area contributed by atoms with Crippen molar-refractivity contribution >= 4 is 11.6 Å². The van der Waals surface area contributed by atoms with Gasteiger partial charge in [0.2, 0.25) is 5.91 Å². The Balaban J connectivity index is 2.37. The number of para-hydroxylation sites is 1. The van der Waals surface area contributed by atoms with E-state index in [1.165, 1.54) is 0 Å². The first-order valence-corrected chi connectivity index (χ1v) is 6.56. The number of nitrogen functional groups attached to an aromatic ring is 1. The van der Waals surface area contributed by atoms with Crippen molar-refractivity contribution in [1.82, 2.24) is 5.32 Å². The second-order valence-electron chi connectivity index (χ2n) is 5.70. The molecule has 0 saturated carbocycles. The van der Waals surface area contributed by atoms with Crippen molar-refractivity contribution < 1.29 is 9.53 Å². The summed E-state index contributed by atoms with van der Waals surface area (Å²) in [7, 11) is 0. The summed E-state index contributed by atoms with van der Waals surface area (Å²) >= 11 is 0. The Hall–Kier alpha value is -1.55. The van der Waals surface area contributed by atoms with Gasteiger partial charge < -0.3 is 15.8 Å². The molecule has 1 unspecified atom stereocenters. The number of benzene rings is 1. The Kier molecular flexibility index (Phi) is 5.36. The van der Waals surface area contributed by atoms with E-state index in [1.807, 2.05) is 45.0 Å². The molecular weight excluding hydrogens is 240 g/mol. The molecule has 19 heavy (non-hydrogen) atoms. The zero-order valence-electron chi connectivity index (χ0n) is 12.2. The fraction of sp³-hybridized carbons (Fsp3) is 0.533. The number of nitrogens with two attached hydrogens (primary N) is 1. The van der Waals surface area contributed by atoms with E-state index in [4.69, 9.17) is 10.5 Å². The van der Waals surface area contributed by atoms with Crippen LogP contribution in [0, 0.1) is 0 Å². The van der Waals surface area contributed by atoms with Crippen molar-refractivity contribution in [3.63, 3.8) is 0 Å². The molecule has 0 saturated heterocycles. The number of carbonyl (C=O) groups excluding carboxylic acids is 1. The van der Waals surface area contributed by atoms with Gasteiger partial charge in [-0.3, -0.25) is 4.79 Å². The lowest BCUT2D eigenvalue weighted by atomic mass is 10.1. The monoisotopic (exact) mass is 264 g/mol. The van der Waals surface area contributed by atoms with E-state index in [0.717, 1.165) is 11.3 Å². The van der Waals surface area contributed by atoms with Crippen molar-refractivity contribution in [3.05, 3.63) is 29.8 Å². The highest BCUT2D eigenvalue weighted by Crippen LogP contribution is 2.11. The summed E-state index contributed by atoms with van der Waals surface area (Å²) in [5.41, 5.74) is 7.42. The van der Waals surface area contributed by atoms with Gasteiger partial charge in [-0.05, 0) is 45.7 Å². The van der Waals surface area contributed by atoms with E-state index in [9.17, 15) is 4.79 Å². The molecule has 0 aliphatic heterocycles. The minimum atomic E-state index is -0.454. The topological polar surface area (TPSA) is 64.3 Å². The van der Waals surface area contributed by atoms with Crippen molar-refractivity contribution in [2.45, 2.75) is 45.8 Å². The molecule has 1 rings (SSSR count). The fourth-order valence-corrected chi connectivity index (χ4v) is 1.65. The fourth-order valence-electron chi connectivity index (χ4n) is 1.65. The van der Waals surface area contributed by atoms with E-state index in [-0.39, 0.29) is 11.4 Å². The van der Waals surface area contributed by atoms with Crippen LogP contribution in [-0.2, 0) is 16.0 Å². The van der Waals surface area contributed by atoms with Crippen LogP contribution in [0.5, 0.6) is 0 Å². The zero-order chi connectivity index (χ0) is 14.5. The molecular formula is C15H24N2O2. The minimum Gasteiger partial charge on any atom is -0.399 e. The first kappa shape index (κ1) is 15.5. The molecule has 0 fully saturated rings. The average molecular weight is 264 g/mol. The normalized spacial score (nSPS) is 13.1. The second-order valence-corrected chi connectivity index (χ2v) is 5.70. The van der Waals surface area contributed by atoms with E-state index in [0.29, 0.717) is 13.0 Å². The van der Waals surface area contributed by atoms with Gasteiger partial charge in [0, 0.05) is 11.2 Å². The largest absolute Gasteiger partial charge is 0.399 e. The Morgan fingerprint density at radius 2 is 2.00 bits per heavy atom. The highest BCUT2D eigenvalue weighted by atomic mass is 16.5. The van der Waals surface area contributed by atoms with Gasteiger partial charge in [0.25, 0.3) is 0 Å². The number of hydrogen-bond donors (Lipinski definition) is 2.